The van der Waals surface area contributed by atoms with Crippen LogP contribution in [-0.4, -0.2) is 10.8 Å². The average Bonchev–Trinajstić information content (AvgIpc) is 1.82. The Balaban J connectivity index is 2.91. The normalized spacial score (nSPS) is 24.2. The molecular weight excluding hydrogens is 218 g/mol. The molecule has 0 aromatic carbocycles. The maximum absolute atomic E-state index is 5.91. The Morgan fingerprint density at radius 1 is 1.42 bits per heavy atom. The maximum atomic E-state index is 5.91. The molecule has 0 saturated heterocycles. The van der Waals surface area contributed by atoms with E-state index in [-0.39, 0.29) is 11.2 Å². The van der Waals surface area contributed by atoms with E-state index in [1.165, 1.54) is 0 Å². The average molecular weight is 228 g/mol. The monoisotopic (exact) mass is 226 g/mol. The van der Waals surface area contributed by atoms with E-state index in [4.69, 9.17) is 34.8 Å². The summed E-state index contributed by atoms with van der Waals surface area (Å²) in [7, 11) is 0. The van der Waals surface area contributed by atoms with Gasteiger partial charge in [0.25, 0.3) is 0 Å². The molecule has 0 aromatic rings. The van der Waals surface area contributed by atoms with Crippen molar-refractivity contribution in [2.24, 2.45) is 10.9 Å². The maximum Gasteiger partial charge on any atom is 0.198 e. The summed E-state index contributed by atoms with van der Waals surface area (Å²) in [4.78, 5) is 3.93. The Bertz CT molecular complexity index is 245. The number of rotatable bonds is 1. The highest BCUT2D eigenvalue weighted by molar-refractivity contribution is 6.65. The van der Waals surface area contributed by atoms with Gasteiger partial charge < -0.3 is 5.32 Å². The van der Waals surface area contributed by atoms with Crippen LogP contribution in [0.4, 0.5) is 0 Å². The van der Waals surface area contributed by atoms with Crippen molar-refractivity contribution in [3.05, 3.63) is 10.7 Å². The van der Waals surface area contributed by atoms with Gasteiger partial charge in [-0.15, -0.1) is 0 Å². The zero-order chi connectivity index (χ0) is 9.30. The SMILES string of the molecule is CC(C)C1=C(Cl)NC(Cl)=NC1Cl. The van der Waals surface area contributed by atoms with E-state index < -0.39 is 5.50 Å². The molecule has 0 saturated carbocycles. The van der Waals surface area contributed by atoms with Gasteiger partial charge in [-0.1, -0.05) is 37.0 Å². The Kier molecular flexibility index (Phi) is 3.27. The first-order valence-electron chi connectivity index (χ1n) is 3.56. The third kappa shape index (κ3) is 2.06. The zero-order valence-electron chi connectivity index (χ0n) is 6.74. The minimum Gasteiger partial charge on any atom is -0.321 e. The van der Waals surface area contributed by atoms with E-state index in [0.29, 0.717) is 5.16 Å². The predicted molar refractivity (Wildman–Crippen MR) is 53.8 cm³/mol. The fraction of sp³-hybridized carbons (Fsp3) is 0.571. The topological polar surface area (TPSA) is 24.4 Å². The summed E-state index contributed by atoms with van der Waals surface area (Å²) in [5, 5.41) is 3.45. The van der Waals surface area contributed by atoms with Crippen LogP contribution in [0.25, 0.3) is 0 Å². The van der Waals surface area contributed by atoms with Gasteiger partial charge in [0.15, 0.2) is 10.8 Å². The Morgan fingerprint density at radius 3 is 2.42 bits per heavy atom. The first-order valence-corrected chi connectivity index (χ1v) is 4.75. The summed E-state index contributed by atoms with van der Waals surface area (Å²) in [5.74, 6) is 0.265. The van der Waals surface area contributed by atoms with Crippen molar-refractivity contribution in [3.8, 4) is 0 Å². The van der Waals surface area contributed by atoms with E-state index in [1.54, 1.807) is 0 Å². The molecule has 1 heterocycles. The van der Waals surface area contributed by atoms with Gasteiger partial charge in [0.05, 0.1) is 0 Å². The van der Waals surface area contributed by atoms with Gasteiger partial charge in [-0.3, -0.25) is 0 Å². The van der Waals surface area contributed by atoms with E-state index in [1.807, 2.05) is 13.8 Å². The highest BCUT2D eigenvalue weighted by Crippen LogP contribution is 2.27. The lowest BCUT2D eigenvalue weighted by Crippen LogP contribution is -2.27. The molecule has 0 aromatic heterocycles. The fourth-order valence-corrected chi connectivity index (χ4v) is 2.21. The Hall–Kier alpha value is 0.0800. The van der Waals surface area contributed by atoms with Crippen LogP contribution in [0.1, 0.15) is 13.8 Å². The molecule has 0 spiro atoms. The summed E-state index contributed by atoms with van der Waals surface area (Å²) in [6.45, 7) is 4.01. The van der Waals surface area contributed by atoms with Gasteiger partial charge in [-0.05, 0) is 17.5 Å². The third-order valence-corrected chi connectivity index (χ3v) is 2.41. The summed E-state index contributed by atoms with van der Waals surface area (Å²) >= 11 is 17.4. The van der Waals surface area contributed by atoms with Crippen LogP contribution in [0.15, 0.2) is 15.7 Å². The summed E-state index contributed by atoms with van der Waals surface area (Å²) < 4.78 is 0. The number of hydrogen-bond donors (Lipinski definition) is 1. The van der Waals surface area contributed by atoms with Crippen LogP contribution >= 0.6 is 34.8 Å². The number of alkyl halides is 1. The lowest BCUT2D eigenvalue weighted by Gasteiger charge is -2.21. The molecular formula is C7H9Cl3N2. The molecule has 0 bridgehead atoms. The summed E-state index contributed by atoms with van der Waals surface area (Å²) in [6.07, 6.45) is 0. The van der Waals surface area contributed by atoms with Crippen LogP contribution in [0.5, 0.6) is 0 Å². The summed E-state index contributed by atoms with van der Waals surface area (Å²) in [5.41, 5.74) is 0.439. The highest BCUT2D eigenvalue weighted by atomic mass is 35.5. The van der Waals surface area contributed by atoms with Gasteiger partial charge in [0.1, 0.15) is 5.16 Å². The molecule has 1 N–H and O–H groups in total. The first kappa shape index (κ1) is 10.2. The molecule has 1 aliphatic heterocycles. The summed E-state index contributed by atoms with van der Waals surface area (Å²) in [6, 6.07) is 0. The first-order chi connectivity index (χ1) is 5.52. The van der Waals surface area contributed by atoms with Crippen molar-refractivity contribution >= 4 is 40.1 Å². The van der Waals surface area contributed by atoms with Crippen LogP contribution < -0.4 is 5.32 Å². The smallest absolute Gasteiger partial charge is 0.198 e. The van der Waals surface area contributed by atoms with Crippen molar-refractivity contribution < 1.29 is 0 Å². The van der Waals surface area contributed by atoms with Gasteiger partial charge >= 0.3 is 0 Å². The van der Waals surface area contributed by atoms with Gasteiger partial charge in [0.2, 0.25) is 0 Å². The number of hydrogen-bond acceptors (Lipinski definition) is 2. The number of nitrogens with zero attached hydrogens (tertiary/aromatic N) is 1. The molecule has 0 aliphatic carbocycles. The van der Waals surface area contributed by atoms with Crippen molar-refractivity contribution in [2.75, 3.05) is 0 Å². The molecule has 68 valence electrons. The minimum absolute atomic E-state index is 0.240. The Labute approximate surface area is 86.6 Å². The lowest BCUT2D eigenvalue weighted by atomic mass is 10.0. The minimum atomic E-state index is -0.439. The van der Waals surface area contributed by atoms with Crippen molar-refractivity contribution in [1.29, 1.82) is 0 Å². The quantitative estimate of drug-likeness (QED) is 0.541. The largest absolute Gasteiger partial charge is 0.321 e. The number of amidine groups is 1. The molecule has 1 aliphatic rings. The molecule has 0 amide bonds. The van der Waals surface area contributed by atoms with Crippen molar-refractivity contribution in [1.82, 2.24) is 5.32 Å². The second kappa shape index (κ2) is 3.86. The highest BCUT2D eigenvalue weighted by Gasteiger charge is 2.22. The van der Waals surface area contributed by atoms with Crippen LogP contribution in [-0.2, 0) is 0 Å². The third-order valence-electron chi connectivity index (χ3n) is 1.57. The van der Waals surface area contributed by atoms with E-state index in [2.05, 4.69) is 10.3 Å². The Morgan fingerprint density at radius 2 is 2.00 bits per heavy atom. The van der Waals surface area contributed by atoms with Gasteiger partial charge in [0, 0.05) is 5.57 Å². The molecule has 5 heteroatoms. The molecule has 0 radical (unpaired) electrons. The number of halogens is 3. The molecule has 1 atom stereocenters. The van der Waals surface area contributed by atoms with E-state index in [0.717, 1.165) is 5.57 Å². The second-order valence-corrected chi connectivity index (χ2v) is 3.95. The van der Waals surface area contributed by atoms with Crippen LogP contribution in [0.3, 0.4) is 0 Å². The molecule has 12 heavy (non-hydrogen) atoms. The standard InChI is InChI=1S/C7H9Cl3N2/c1-3(2)4-5(8)11-7(10)12-6(4)9/h3,5H,1-2H3,(H,11,12). The lowest BCUT2D eigenvalue weighted by molar-refractivity contribution is 0.707. The van der Waals surface area contributed by atoms with Crippen LogP contribution in [0.2, 0.25) is 0 Å². The fourth-order valence-electron chi connectivity index (χ4n) is 0.997. The van der Waals surface area contributed by atoms with E-state index in [9.17, 15) is 0 Å². The van der Waals surface area contributed by atoms with E-state index >= 15 is 0 Å². The van der Waals surface area contributed by atoms with Gasteiger partial charge in [-0.2, -0.15) is 0 Å². The molecule has 1 rings (SSSR count). The van der Waals surface area contributed by atoms with Crippen molar-refractivity contribution in [2.45, 2.75) is 19.3 Å². The van der Waals surface area contributed by atoms with Crippen LogP contribution in [0, 0.1) is 5.92 Å². The molecule has 2 nitrogen and oxygen atoms in total. The second-order valence-electron chi connectivity index (χ2n) is 2.80. The van der Waals surface area contributed by atoms with Gasteiger partial charge in [-0.25, -0.2) is 4.99 Å². The number of aliphatic imine (C=N–C) groups is 1. The van der Waals surface area contributed by atoms with Crippen molar-refractivity contribution in [3.63, 3.8) is 0 Å². The predicted octanol–water partition coefficient (Wildman–Crippen LogP) is 2.86. The molecule has 1 unspecified atom stereocenters. The molecule has 0 fully saturated rings. The number of nitrogens with one attached hydrogen (secondary N) is 1. The zero-order valence-corrected chi connectivity index (χ0v) is 9.00.